The zero-order chi connectivity index (χ0) is 25.2. The van der Waals surface area contributed by atoms with E-state index in [1.165, 1.54) is 25.9 Å². The molecule has 1 unspecified atom stereocenters. The maximum absolute atomic E-state index is 13.2. The average Bonchev–Trinajstić information content (AvgIpc) is 3.40. The molecule has 9 heteroatoms. The lowest BCUT2D eigenvalue weighted by molar-refractivity contribution is 0.150. The molecule has 2 aromatic rings. The van der Waals surface area contributed by atoms with Crippen LogP contribution in [0.3, 0.4) is 0 Å². The van der Waals surface area contributed by atoms with E-state index in [1.807, 2.05) is 24.3 Å². The van der Waals surface area contributed by atoms with E-state index < -0.39 is 6.17 Å². The van der Waals surface area contributed by atoms with Gasteiger partial charge in [0.2, 0.25) is 5.95 Å². The Hall–Kier alpha value is -2.65. The number of halogens is 1. The second-order valence-corrected chi connectivity index (χ2v) is 9.91. The van der Waals surface area contributed by atoms with Gasteiger partial charge in [0.25, 0.3) is 0 Å². The van der Waals surface area contributed by atoms with Crippen molar-refractivity contribution in [3.63, 3.8) is 0 Å². The first-order valence-corrected chi connectivity index (χ1v) is 13.3. The molecule has 198 valence electrons. The van der Waals surface area contributed by atoms with Crippen LogP contribution < -0.4 is 20.1 Å². The highest BCUT2D eigenvalue weighted by Gasteiger charge is 2.20. The normalized spacial score (nSPS) is 18.2. The summed E-state index contributed by atoms with van der Waals surface area (Å²) < 4.78 is 24.8. The highest BCUT2D eigenvalue weighted by atomic mass is 19.1. The predicted octanol–water partition coefficient (Wildman–Crippen LogP) is 4.58. The molecule has 0 amide bonds. The first kappa shape index (κ1) is 26.4. The monoisotopic (exact) mass is 500 g/mol. The van der Waals surface area contributed by atoms with Gasteiger partial charge >= 0.3 is 0 Å². The van der Waals surface area contributed by atoms with E-state index in [9.17, 15) is 4.39 Å². The summed E-state index contributed by atoms with van der Waals surface area (Å²) in [6, 6.07) is 7.65. The summed E-state index contributed by atoms with van der Waals surface area (Å²) in [6.07, 6.45) is 6.74. The van der Waals surface area contributed by atoms with Crippen molar-refractivity contribution in [2.24, 2.45) is 5.92 Å². The lowest BCUT2D eigenvalue weighted by atomic mass is 9.96. The first-order valence-electron chi connectivity index (χ1n) is 13.3. The molecule has 2 saturated heterocycles. The molecule has 36 heavy (non-hydrogen) atoms. The number of benzene rings is 1. The molecule has 4 rings (SSSR count). The van der Waals surface area contributed by atoms with E-state index in [-0.39, 0.29) is 0 Å². The summed E-state index contributed by atoms with van der Waals surface area (Å²) in [6.45, 7) is 9.07. The van der Waals surface area contributed by atoms with Crippen LogP contribution in [0, 0.1) is 5.92 Å². The van der Waals surface area contributed by atoms with Crippen molar-refractivity contribution in [3.8, 4) is 11.5 Å². The molecule has 2 aliphatic rings. The second kappa shape index (κ2) is 13.6. The molecule has 2 aliphatic heterocycles. The number of nitrogens with zero attached hydrogens (tertiary/aromatic N) is 4. The molecule has 3 heterocycles. The molecular formula is C27H41FN6O2. The number of likely N-dealkylation sites (tertiary alicyclic amines) is 2. The molecule has 8 nitrogen and oxygen atoms in total. The summed E-state index contributed by atoms with van der Waals surface area (Å²) >= 11 is 0. The number of rotatable bonds is 13. The Labute approximate surface area is 214 Å². The Balaban J connectivity index is 1.26. The van der Waals surface area contributed by atoms with Gasteiger partial charge in [0.15, 0.2) is 11.5 Å². The van der Waals surface area contributed by atoms with E-state index >= 15 is 0 Å². The number of hydrogen-bond donors (Lipinski definition) is 2. The summed E-state index contributed by atoms with van der Waals surface area (Å²) in [4.78, 5) is 13.7. The number of anilines is 3. The van der Waals surface area contributed by atoms with Gasteiger partial charge in [0.05, 0.1) is 13.7 Å². The van der Waals surface area contributed by atoms with E-state index in [2.05, 4.69) is 30.4 Å². The minimum Gasteiger partial charge on any atom is -0.493 e. The molecule has 2 fully saturated rings. The topological polar surface area (TPSA) is 74.8 Å². The smallest absolute Gasteiger partial charge is 0.229 e. The molecule has 0 radical (unpaired) electrons. The molecule has 0 saturated carbocycles. The van der Waals surface area contributed by atoms with Crippen LogP contribution in [0.25, 0.3) is 0 Å². The van der Waals surface area contributed by atoms with Gasteiger partial charge in [0.1, 0.15) is 12.0 Å². The van der Waals surface area contributed by atoms with Crippen molar-refractivity contribution in [1.82, 2.24) is 19.8 Å². The molecular weight excluding hydrogens is 459 g/mol. The molecule has 0 aliphatic carbocycles. The molecule has 1 aromatic carbocycles. The van der Waals surface area contributed by atoms with Gasteiger partial charge in [-0.2, -0.15) is 4.98 Å². The maximum Gasteiger partial charge on any atom is 0.229 e. The third-order valence-electron chi connectivity index (χ3n) is 6.94. The van der Waals surface area contributed by atoms with Crippen LogP contribution in [0.15, 0.2) is 30.5 Å². The zero-order valence-corrected chi connectivity index (χ0v) is 21.7. The van der Waals surface area contributed by atoms with Crippen LogP contribution in [-0.4, -0.2) is 85.5 Å². The van der Waals surface area contributed by atoms with Gasteiger partial charge in [-0.05, 0) is 89.3 Å². The van der Waals surface area contributed by atoms with Crippen molar-refractivity contribution < 1.29 is 13.9 Å². The van der Waals surface area contributed by atoms with Gasteiger partial charge in [-0.3, -0.25) is 0 Å². The van der Waals surface area contributed by atoms with Crippen LogP contribution in [0.5, 0.6) is 11.5 Å². The fourth-order valence-corrected chi connectivity index (χ4v) is 4.97. The lowest BCUT2D eigenvalue weighted by Crippen LogP contribution is -2.38. The molecule has 0 bridgehead atoms. The summed E-state index contributed by atoms with van der Waals surface area (Å²) in [5.74, 6) is 3.31. The fraction of sp³-hybridized carbons (Fsp3) is 0.630. The summed E-state index contributed by atoms with van der Waals surface area (Å²) in [5.41, 5.74) is 0.844. The van der Waals surface area contributed by atoms with Crippen molar-refractivity contribution in [1.29, 1.82) is 0 Å². The van der Waals surface area contributed by atoms with Crippen molar-refractivity contribution in [3.05, 3.63) is 30.5 Å². The lowest BCUT2D eigenvalue weighted by Gasteiger charge is -2.32. The second-order valence-electron chi connectivity index (χ2n) is 9.91. The Morgan fingerprint density at radius 2 is 1.89 bits per heavy atom. The Bertz CT molecular complexity index is 932. The van der Waals surface area contributed by atoms with Gasteiger partial charge in [-0.25, -0.2) is 9.37 Å². The fourth-order valence-electron chi connectivity index (χ4n) is 4.97. The Morgan fingerprint density at radius 3 is 2.64 bits per heavy atom. The van der Waals surface area contributed by atoms with Crippen molar-refractivity contribution >= 4 is 17.5 Å². The summed E-state index contributed by atoms with van der Waals surface area (Å²) in [5, 5.41) is 6.74. The molecule has 1 atom stereocenters. The number of alkyl halides is 1. The summed E-state index contributed by atoms with van der Waals surface area (Å²) in [7, 11) is 1.66. The quantitative estimate of drug-likeness (QED) is 0.387. The average molecular weight is 501 g/mol. The van der Waals surface area contributed by atoms with Crippen LogP contribution in [0.2, 0.25) is 0 Å². The standard InChI is InChI=1S/C27H41FN6O2/c1-21(28)20-34-15-9-22(10-16-34)19-30-26-8-11-29-27(32-26)31-23-6-7-24(35-2)25(18-23)36-17-5-14-33-12-3-4-13-33/h6-8,11,18,21-22H,3-5,9-10,12-17,19-20H2,1-2H3,(H2,29,30,31,32). The van der Waals surface area contributed by atoms with E-state index in [1.54, 1.807) is 20.2 Å². The van der Waals surface area contributed by atoms with Gasteiger partial charge < -0.3 is 29.9 Å². The number of ether oxygens (including phenoxy) is 2. The van der Waals surface area contributed by atoms with Gasteiger partial charge in [-0.15, -0.1) is 0 Å². The number of aromatic nitrogens is 2. The van der Waals surface area contributed by atoms with Crippen molar-refractivity contribution in [2.75, 3.05) is 70.2 Å². The van der Waals surface area contributed by atoms with E-state index in [4.69, 9.17) is 9.47 Å². The molecule has 0 spiro atoms. The number of hydrogen-bond acceptors (Lipinski definition) is 8. The van der Waals surface area contributed by atoms with Crippen LogP contribution in [0.4, 0.5) is 21.8 Å². The van der Waals surface area contributed by atoms with Crippen LogP contribution in [-0.2, 0) is 0 Å². The Morgan fingerprint density at radius 1 is 1.08 bits per heavy atom. The Kier molecular flexibility index (Phi) is 9.98. The van der Waals surface area contributed by atoms with E-state index in [0.29, 0.717) is 36.5 Å². The highest BCUT2D eigenvalue weighted by molar-refractivity contribution is 5.60. The SMILES string of the molecule is COc1ccc(Nc2nccc(NCC3CCN(CC(C)F)CC3)n2)cc1OCCCN1CCCC1. The predicted molar refractivity (Wildman–Crippen MR) is 142 cm³/mol. The first-order chi connectivity index (χ1) is 17.6. The van der Waals surface area contributed by atoms with Crippen LogP contribution >= 0.6 is 0 Å². The number of nitrogens with one attached hydrogen (secondary N) is 2. The minimum absolute atomic E-state index is 0.525. The van der Waals surface area contributed by atoms with Crippen LogP contribution in [0.1, 0.15) is 39.0 Å². The van der Waals surface area contributed by atoms with E-state index in [0.717, 1.165) is 56.9 Å². The third kappa shape index (κ3) is 8.20. The maximum atomic E-state index is 13.2. The number of piperidine rings is 1. The van der Waals surface area contributed by atoms with Crippen molar-refractivity contribution in [2.45, 2.75) is 45.2 Å². The number of methoxy groups -OCH3 is 1. The van der Waals surface area contributed by atoms with Gasteiger partial charge in [0, 0.05) is 37.6 Å². The minimum atomic E-state index is -0.764. The highest BCUT2D eigenvalue weighted by Crippen LogP contribution is 2.31. The van der Waals surface area contributed by atoms with Gasteiger partial charge in [-0.1, -0.05) is 0 Å². The molecule has 2 N–H and O–H groups in total. The third-order valence-corrected chi connectivity index (χ3v) is 6.94. The molecule has 1 aromatic heterocycles. The largest absolute Gasteiger partial charge is 0.493 e. The zero-order valence-electron chi connectivity index (χ0n) is 21.7.